The van der Waals surface area contributed by atoms with Gasteiger partial charge in [-0.05, 0) is 38.8 Å². The lowest BCUT2D eigenvalue weighted by molar-refractivity contribution is 0.269. The minimum atomic E-state index is -3.47. The summed E-state index contributed by atoms with van der Waals surface area (Å²) >= 11 is 1.21. The zero-order valence-corrected chi connectivity index (χ0v) is 15.4. The van der Waals surface area contributed by atoms with Crippen LogP contribution in [-0.4, -0.2) is 35.1 Å². The number of aryl methyl sites for hydroxylation is 1. The molecule has 1 fully saturated rings. The molecule has 0 radical (unpaired) electrons. The van der Waals surface area contributed by atoms with Crippen LogP contribution >= 0.6 is 11.3 Å². The molecule has 0 aromatic carbocycles. The fourth-order valence-electron chi connectivity index (χ4n) is 2.96. The molecular formula is C16H21N3O3S2. The Morgan fingerprint density at radius 2 is 2.12 bits per heavy atom. The topological polar surface area (TPSA) is 72.3 Å². The van der Waals surface area contributed by atoms with Gasteiger partial charge >= 0.3 is 0 Å². The molecule has 2 aromatic heterocycles. The third-order valence-electron chi connectivity index (χ3n) is 4.34. The Hall–Kier alpha value is -1.51. The average molecular weight is 367 g/mol. The highest BCUT2D eigenvalue weighted by molar-refractivity contribution is 7.91. The summed E-state index contributed by atoms with van der Waals surface area (Å²) < 4.78 is 29.1. The van der Waals surface area contributed by atoms with Gasteiger partial charge in [-0.15, -0.1) is 11.3 Å². The smallest absolute Gasteiger partial charge is 0.266 e. The first-order valence-corrected chi connectivity index (χ1v) is 10.4. The molecule has 8 heteroatoms. The van der Waals surface area contributed by atoms with Crippen LogP contribution in [0.15, 0.2) is 32.6 Å². The maximum atomic E-state index is 12.9. The van der Waals surface area contributed by atoms with Crippen LogP contribution in [0.25, 0.3) is 11.3 Å². The third-order valence-corrected chi connectivity index (χ3v) is 7.77. The third kappa shape index (κ3) is 3.18. The van der Waals surface area contributed by atoms with Crippen molar-refractivity contribution in [3.8, 4) is 11.3 Å². The van der Waals surface area contributed by atoms with Gasteiger partial charge in [0.15, 0.2) is 0 Å². The molecule has 130 valence electrons. The molecule has 24 heavy (non-hydrogen) atoms. The van der Waals surface area contributed by atoms with E-state index in [0.29, 0.717) is 23.0 Å². The maximum Gasteiger partial charge on any atom is 0.266 e. The number of rotatable bonds is 4. The quantitative estimate of drug-likeness (QED) is 0.832. The monoisotopic (exact) mass is 367 g/mol. The summed E-state index contributed by atoms with van der Waals surface area (Å²) in [4.78, 5) is 11.6. The second kappa shape index (κ2) is 6.78. The predicted octanol–water partition coefficient (Wildman–Crippen LogP) is 2.55. The Balaban J connectivity index is 1.94. The van der Waals surface area contributed by atoms with Gasteiger partial charge in [-0.1, -0.05) is 6.42 Å². The van der Waals surface area contributed by atoms with E-state index in [-0.39, 0.29) is 11.6 Å². The first-order valence-electron chi connectivity index (χ1n) is 8.12. The lowest BCUT2D eigenvalue weighted by atomic mass is 10.1. The number of aromatic nitrogens is 2. The summed E-state index contributed by atoms with van der Waals surface area (Å²) in [6, 6.07) is 4.80. The Kier molecular flexibility index (Phi) is 4.89. The molecule has 1 aliphatic heterocycles. The van der Waals surface area contributed by atoms with E-state index in [2.05, 4.69) is 5.10 Å². The highest BCUT2D eigenvalue weighted by atomic mass is 32.2. The van der Waals surface area contributed by atoms with Crippen LogP contribution in [0, 0.1) is 0 Å². The first-order chi connectivity index (χ1) is 11.4. The Labute approximate surface area is 145 Å². The molecule has 0 N–H and O–H groups in total. The number of sulfonamides is 1. The molecule has 3 heterocycles. The molecule has 1 saturated heterocycles. The molecule has 1 atom stereocenters. The lowest BCUT2D eigenvalue weighted by Crippen LogP contribution is -2.41. The van der Waals surface area contributed by atoms with Gasteiger partial charge in [0.2, 0.25) is 0 Å². The molecule has 0 amide bonds. The molecule has 6 nitrogen and oxygen atoms in total. The molecule has 3 rings (SSSR count). The summed E-state index contributed by atoms with van der Waals surface area (Å²) in [6.07, 6.45) is 2.89. The van der Waals surface area contributed by atoms with Crippen molar-refractivity contribution in [2.45, 2.75) is 49.9 Å². The van der Waals surface area contributed by atoms with E-state index < -0.39 is 10.0 Å². The summed E-state index contributed by atoms with van der Waals surface area (Å²) in [5.41, 5.74) is 1.18. The summed E-state index contributed by atoms with van der Waals surface area (Å²) in [5.74, 6) is 0. The molecular weight excluding hydrogens is 346 g/mol. The van der Waals surface area contributed by atoms with Crippen LogP contribution in [0.3, 0.4) is 0 Å². The number of hydrogen-bond acceptors (Lipinski definition) is 5. The first kappa shape index (κ1) is 17.3. The molecule has 0 spiro atoms. The van der Waals surface area contributed by atoms with Gasteiger partial charge in [-0.25, -0.2) is 13.1 Å². The molecule has 0 unspecified atom stereocenters. The zero-order valence-electron chi connectivity index (χ0n) is 13.8. The van der Waals surface area contributed by atoms with E-state index in [1.807, 2.05) is 13.8 Å². The van der Waals surface area contributed by atoms with Gasteiger partial charge in [0.05, 0.1) is 5.69 Å². The van der Waals surface area contributed by atoms with Gasteiger partial charge in [-0.2, -0.15) is 9.40 Å². The SMILES string of the molecule is CCn1nc(-c2csc(S(=O)(=O)N3CCCC[C@H]3C)c2)ccc1=O. The highest BCUT2D eigenvalue weighted by Gasteiger charge is 2.32. The average Bonchev–Trinajstić information content (AvgIpc) is 3.06. The Morgan fingerprint density at radius 1 is 1.33 bits per heavy atom. The van der Waals surface area contributed by atoms with E-state index in [1.165, 1.54) is 22.1 Å². The second-order valence-corrected chi connectivity index (χ2v) is 9.02. The van der Waals surface area contributed by atoms with Crippen molar-refractivity contribution in [2.75, 3.05) is 6.54 Å². The van der Waals surface area contributed by atoms with Crippen molar-refractivity contribution >= 4 is 21.4 Å². The normalized spacial score (nSPS) is 19.5. The van der Waals surface area contributed by atoms with E-state index in [1.54, 1.807) is 21.8 Å². The summed E-state index contributed by atoms with van der Waals surface area (Å²) in [7, 11) is -3.47. The number of hydrogen-bond donors (Lipinski definition) is 0. The van der Waals surface area contributed by atoms with Crippen LogP contribution in [0.2, 0.25) is 0 Å². The second-order valence-electron chi connectivity index (χ2n) is 5.99. The highest BCUT2D eigenvalue weighted by Crippen LogP contribution is 2.32. The number of piperidine rings is 1. The van der Waals surface area contributed by atoms with E-state index in [4.69, 9.17) is 0 Å². The Morgan fingerprint density at radius 3 is 2.83 bits per heavy atom. The van der Waals surface area contributed by atoms with Crippen molar-refractivity contribution in [1.82, 2.24) is 14.1 Å². The molecule has 0 aliphatic carbocycles. The van der Waals surface area contributed by atoms with Crippen molar-refractivity contribution in [1.29, 1.82) is 0 Å². The van der Waals surface area contributed by atoms with Crippen LogP contribution in [0.4, 0.5) is 0 Å². The van der Waals surface area contributed by atoms with Crippen molar-refractivity contribution in [2.24, 2.45) is 0 Å². The fourth-order valence-corrected chi connectivity index (χ4v) is 5.96. The molecule has 0 bridgehead atoms. The summed E-state index contributed by atoms with van der Waals surface area (Å²) in [5, 5.41) is 6.07. The maximum absolute atomic E-state index is 12.9. The largest absolute Gasteiger partial charge is 0.268 e. The van der Waals surface area contributed by atoms with Crippen molar-refractivity contribution in [3.63, 3.8) is 0 Å². The van der Waals surface area contributed by atoms with Crippen molar-refractivity contribution in [3.05, 3.63) is 33.9 Å². The van der Waals surface area contributed by atoms with E-state index in [9.17, 15) is 13.2 Å². The van der Waals surface area contributed by atoms with Crippen molar-refractivity contribution < 1.29 is 8.42 Å². The van der Waals surface area contributed by atoms with Crippen LogP contribution in [0.5, 0.6) is 0 Å². The predicted molar refractivity (Wildman–Crippen MR) is 94.7 cm³/mol. The van der Waals surface area contributed by atoms with Gasteiger partial charge in [-0.3, -0.25) is 4.79 Å². The fraction of sp³-hybridized carbons (Fsp3) is 0.500. The molecule has 0 saturated carbocycles. The zero-order chi connectivity index (χ0) is 17.3. The minimum absolute atomic E-state index is 0.0365. The number of thiophene rings is 1. The van der Waals surface area contributed by atoms with Crippen LogP contribution < -0.4 is 5.56 Å². The van der Waals surface area contributed by atoms with Gasteiger partial charge in [0.1, 0.15) is 4.21 Å². The molecule has 1 aliphatic rings. The van der Waals surface area contributed by atoms with E-state index in [0.717, 1.165) is 24.8 Å². The van der Waals surface area contributed by atoms with Gasteiger partial charge in [0, 0.05) is 36.1 Å². The Bertz CT molecular complexity index is 886. The summed E-state index contributed by atoms with van der Waals surface area (Å²) in [6.45, 7) is 4.87. The van der Waals surface area contributed by atoms with Crippen LogP contribution in [-0.2, 0) is 16.6 Å². The molecule has 2 aromatic rings. The van der Waals surface area contributed by atoms with Gasteiger partial charge < -0.3 is 0 Å². The minimum Gasteiger partial charge on any atom is -0.268 e. The standard InChI is InChI=1S/C16H21N3O3S2/c1-3-18-15(20)8-7-14(17-18)13-10-16(23-11-13)24(21,22)19-9-5-4-6-12(19)2/h7-8,10-12H,3-6,9H2,1-2H3/t12-/m1/s1. The number of nitrogens with zero attached hydrogens (tertiary/aromatic N) is 3. The lowest BCUT2D eigenvalue weighted by Gasteiger charge is -2.31. The van der Waals surface area contributed by atoms with E-state index >= 15 is 0 Å². The van der Waals surface area contributed by atoms with Crippen LogP contribution in [0.1, 0.15) is 33.1 Å². The van der Waals surface area contributed by atoms with Gasteiger partial charge in [0.25, 0.3) is 15.6 Å².